The summed E-state index contributed by atoms with van der Waals surface area (Å²) in [6.45, 7) is 4.92. The van der Waals surface area contributed by atoms with E-state index in [1.165, 1.54) is 23.0 Å². The highest BCUT2D eigenvalue weighted by Gasteiger charge is 2.58. The second kappa shape index (κ2) is 7.74. The van der Waals surface area contributed by atoms with Crippen LogP contribution in [0.1, 0.15) is 26.7 Å². The molecule has 0 amide bonds. The van der Waals surface area contributed by atoms with Gasteiger partial charge in [-0.2, -0.15) is 0 Å². The Hall–Kier alpha value is -2.48. The lowest BCUT2D eigenvalue weighted by molar-refractivity contribution is -0.118. The Labute approximate surface area is 174 Å². The average Bonchev–Trinajstić information content (AvgIpc) is 3.23. The van der Waals surface area contributed by atoms with Gasteiger partial charge >= 0.3 is 6.09 Å². The summed E-state index contributed by atoms with van der Waals surface area (Å²) in [6.07, 6.45) is 6.26. The lowest BCUT2D eigenvalue weighted by Crippen LogP contribution is -2.64. The second-order valence-corrected chi connectivity index (χ2v) is 8.94. The zero-order valence-electron chi connectivity index (χ0n) is 16.5. The van der Waals surface area contributed by atoms with Gasteiger partial charge in [0.2, 0.25) is 0 Å². The molecule has 1 heterocycles. The number of aromatic nitrogens is 2. The number of benzene rings is 1. The molecule has 0 radical (unpaired) electrons. The quantitative estimate of drug-likeness (QED) is 0.733. The zero-order valence-corrected chi connectivity index (χ0v) is 17.3. The molecule has 8 heteroatoms. The van der Waals surface area contributed by atoms with E-state index >= 15 is 0 Å². The van der Waals surface area contributed by atoms with E-state index in [1.54, 1.807) is 24.5 Å². The summed E-state index contributed by atoms with van der Waals surface area (Å²) >= 11 is 5.51. The van der Waals surface area contributed by atoms with E-state index in [4.69, 9.17) is 17.0 Å². The standard InChI is InChI=1S/C21H25FN4O2S/c1-21(2)14-9-13(11-28-20(27)26-8-7-23-12-26)18(17(21)10-14)25-19(29)24-16-5-3-15(22)4-6-16/h3-8,12-14,17-18H,9-11H2,1-2H3,(H2,24,25,29)/t13-,14+,17+,18+/m1/s1. The van der Waals surface area contributed by atoms with Crippen molar-refractivity contribution in [1.29, 1.82) is 0 Å². The molecule has 154 valence electrons. The molecule has 3 aliphatic carbocycles. The van der Waals surface area contributed by atoms with Crippen molar-refractivity contribution in [3.05, 3.63) is 48.8 Å². The van der Waals surface area contributed by atoms with E-state index in [0.717, 1.165) is 18.5 Å². The first-order valence-corrected chi connectivity index (χ1v) is 10.2. The number of halogens is 1. The van der Waals surface area contributed by atoms with E-state index < -0.39 is 6.09 Å². The third kappa shape index (κ3) is 3.99. The van der Waals surface area contributed by atoms with Crippen molar-refractivity contribution >= 4 is 29.1 Å². The van der Waals surface area contributed by atoms with Crippen molar-refractivity contribution in [3.8, 4) is 0 Å². The number of fused-ring (bicyclic) bond motifs is 2. The minimum absolute atomic E-state index is 0.103. The fraction of sp³-hybridized carbons (Fsp3) is 0.476. The van der Waals surface area contributed by atoms with E-state index in [0.29, 0.717) is 23.6 Å². The Kier molecular flexibility index (Phi) is 5.29. The minimum Gasteiger partial charge on any atom is -0.449 e. The van der Waals surface area contributed by atoms with Gasteiger partial charge in [0.05, 0.1) is 6.61 Å². The van der Waals surface area contributed by atoms with Crippen LogP contribution in [0.5, 0.6) is 0 Å². The maximum atomic E-state index is 13.1. The molecule has 1 aromatic heterocycles. The van der Waals surface area contributed by atoms with Crippen LogP contribution in [0.3, 0.4) is 0 Å². The monoisotopic (exact) mass is 416 g/mol. The van der Waals surface area contributed by atoms with Gasteiger partial charge in [-0.25, -0.2) is 18.7 Å². The highest BCUT2D eigenvalue weighted by Crippen LogP contribution is 2.60. The number of carbonyl (C=O) groups excluding carboxylic acids is 1. The first kappa shape index (κ1) is 19.8. The van der Waals surface area contributed by atoms with Gasteiger partial charge in [-0.05, 0) is 66.6 Å². The van der Waals surface area contributed by atoms with Crippen LogP contribution in [0.25, 0.3) is 0 Å². The topological polar surface area (TPSA) is 68.2 Å². The molecular weight excluding hydrogens is 391 g/mol. The van der Waals surface area contributed by atoms with Gasteiger partial charge in [-0.1, -0.05) is 13.8 Å². The van der Waals surface area contributed by atoms with Crippen LogP contribution in [0.4, 0.5) is 14.9 Å². The summed E-state index contributed by atoms with van der Waals surface area (Å²) in [5, 5.41) is 7.07. The molecule has 5 rings (SSSR count). The minimum atomic E-state index is -0.424. The lowest BCUT2D eigenvalue weighted by Gasteiger charge is -2.62. The highest BCUT2D eigenvalue weighted by molar-refractivity contribution is 7.80. The molecule has 0 unspecified atom stereocenters. The van der Waals surface area contributed by atoms with Crippen LogP contribution >= 0.6 is 12.2 Å². The molecule has 29 heavy (non-hydrogen) atoms. The number of anilines is 1. The van der Waals surface area contributed by atoms with Crippen molar-refractivity contribution in [3.63, 3.8) is 0 Å². The SMILES string of the molecule is CC1(C)[C@H]2C[C@H](COC(=O)n3ccnc3)[C@H](NC(=S)Nc3ccc(F)cc3)[C@@H]1C2. The summed E-state index contributed by atoms with van der Waals surface area (Å²) in [7, 11) is 0. The van der Waals surface area contributed by atoms with Crippen LogP contribution in [0.2, 0.25) is 0 Å². The van der Waals surface area contributed by atoms with Gasteiger partial charge < -0.3 is 15.4 Å². The van der Waals surface area contributed by atoms with E-state index in [1.807, 2.05) is 0 Å². The first-order valence-electron chi connectivity index (χ1n) is 9.83. The molecule has 3 saturated carbocycles. The molecule has 1 aromatic carbocycles. The Bertz CT molecular complexity index is 885. The zero-order chi connectivity index (χ0) is 20.6. The first-order chi connectivity index (χ1) is 13.8. The number of imidazole rings is 1. The van der Waals surface area contributed by atoms with E-state index in [9.17, 15) is 9.18 Å². The molecule has 0 aliphatic heterocycles. The van der Waals surface area contributed by atoms with Crippen LogP contribution < -0.4 is 10.6 Å². The van der Waals surface area contributed by atoms with E-state index in [-0.39, 0.29) is 23.2 Å². The van der Waals surface area contributed by atoms with Crippen molar-refractivity contribution < 1.29 is 13.9 Å². The smallest absolute Gasteiger partial charge is 0.419 e. The number of rotatable bonds is 4. The Morgan fingerprint density at radius 2 is 2.10 bits per heavy atom. The van der Waals surface area contributed by atoms with Crippen LogP contribution in [0.15, 0.2) is 43.0 Å². The summed E-state index contributed by atoms with van der Waals surface area (Å²) in [6, 6.07) is 6.19. The molecule has 2 bridgehead atoms. The van der Waals surface area contributed by atoms with Crippen molar-refractivity contribution in [2.75, 3.05) is 11.9 Å². The van der Waals surface area contributed by atoms with Gasteiger partial charge in [-0.15, -0.1) is 0 Å². The van der Waals surface area contributed by atoms with Gasteiger partial charge in [0, 0.05) is 30.0 Å². The molecule has 0 spiro atoms. The normalized spacial score (nSPS) is 26.9. The lowest BCUT2D eigenvalue weighted by atomic mass is 9.45. The fourth-order valence-corrected chi connectivity index (χ4v) is 5.02. The number of carbonyl (C=O) groups is 1. The molecule has 3 fully saturated rings. The Balaban J connectivity index is 1.41. The van der Waals surface area contributed by atoms with E-state index in [2.05, 4.69) is 29.5 Å². The van der Waals surface area contributed by atoms with Crippen LogP contribution in [-0.4, -0.2) is 33.4 Å². The van der Waals surface area contributed by atoms with Crippen molar-refractivity contribution in [1.82, 2.24) is 14.9 Å². The van der Waals surface area contributed by atoms with Gasteiger partial charge in [-0.3, -0.25) is 0 Å². The third-order valence-corrected chi connectivity index (χ3v) is 6.83. The molecule has 2 N–H and O–H groups in total. The predicted molar refractivity (Wildman–Crippen MR) is 112 cm³/mol. The maximum absolute atomic E-state index is 13.1. The molecule has 0 saturated heterocycles. The molecule has 4 atom stereocenters. The highest BCUT2D eigenvalue weighted by atomic mass is 32.1. The average molecular weight is 417 g/mol. The number of hydrogen-bond acceptors (Lipinski definition) is 4. The van der Waals surface area contributed by atoms with Crippen LogP contribution in [-0.2, 0) is 4.74 Å². The fourth-order valence-electron chi connectivity index (χ4n) is 4.77. The van der Waals surface area contributed by atoms with Crippen LogP contribution in [0, 0.1) is 29.0 Å². The van der Waals surface area contributed by atoms with Crippen molar-refractivity contribution in [2.45, 2.75) is 32.7 Å². The van der Waals surface area contributed by atoms with Gasteiger partial charge in [0.1, 0.15) is 12.1 Å². The van der Waals surface area contributed by atoms with Crippen molar-refractivity contribution in [2.24, 2.45) is 23.2 Å². The number of hydrogen-bond donors (Lipinski definition) is 2. The molecule has 6 nitrogen and oxygen atoms in total. The second-order valence-electron chi connectivity index (χ2n) is 8.53. The number of nitrogens with zero attached hydrogens (tertiary/aromatic N) is 2. The third-order valence-electron chi connectivity index (χ3n) is 6.61. The molecule has 2 aromatic rings. The number of ether oxygens (including phenoxy) is 1. The summed E-state index contributed by atoms with van der Waals surface area (Å²) in [4.78, 5) is 16.1. The Morgan fingerprint density at radius 3 is 2.76 bits per heavy atom. The van der Waals surface area contributed by atoms with Gasteiger partial charge in [0.15, 0.2) is 5.11 Å². The predicted octanol–water partition coefficient (Wildman–Crippen LogP) is 4.04. The largest absolute Gasteiger partial charge is 0.449 e. The summed E-state index contributed by atoms with van der Waals surface area (Å²) < 4.78 is 20.0. The Morgan fingerprint density at radius 1 is 1.34 bits per heavy atom. The summed E-state index contributed by atoms with van der Waals surface area (Å²) in [5.74, 6) is 0.961. The summed E-state index contributed by atoms with van der Waals surface area (Å²) in [5.41, 5.74) is 0.960. The van der Waals surface area contributed by atoms with Gasteiger partial charge in [0.25, 0.3) is 0 Å². The molecule has 3 aliphatic rings. The maximum Gasteiger partial charge on any atom is 0.419 e. The molecular formula is C21H25FN4O2S. The number of thiocarbonyl (C=S) groups is 1. The number of nitrogens with one attached hydrogen (secondary N) is 2.